The lowest BCUT2D eigenvalue weighted by Gasteiger charge is -2.39. The fraction of sp³-hybridized carbons (Fsp3) is 0.533. The molecular formula is C15H23N3O. The molecule has 1 unspecified atom stereocenters. The maximum atomic E-state index is 12.6. The number of aryl methyl sites for hydroxylation is 1. The molecule has 1 aliphatic heterocycles. The van der Waals surface area contributed by atoms with Crippen LogP contribution in [-0.2, 0) is 11.2 Å². The number of amides is 1. The summed E-state index contributed by atoms with van der Waals surface area (Å²) in [6.45, 7) is 4.51. The Morgan fingerprint density at radius 1 is 1.32 bits per heavy atom. The zero-order valence-corrected chi connectivity index (χ0v) is 12.0. The van der Waals surface area contributed by atoms with Gasteiger partial charge in [0.05, 0.1) is 0 Å². The number of carbonyl (C=O) groups excluding carboxylic acids is 1. The van der Waals surface area contributed by atoms with Gasteiger partial charge in [-0.1, -0.05) is 25.1 Å². The quantitative estimate of drug-likeness (QED) is 0.882. The number of likely N-dealkylation sites (N-methyl/N-ethyl adjacent to an activating group) is 2. The molecule has 2 rings (SSSR count). The van der Waals surface area contributed by atoms with Crippen molar-refractivity contribution >= 4 is 11.6 Å². The van der Waals surface area contributed by atoms with Crippen LogP contribution in [-0.4, -0.2) is 50.6 Å². The molecule has 0 bridgehead atoms. The minimum Gasteiger partial charge on any atom is -0.318 e. The number of nitrogens with one attached hydrogen (secondary N) is 1. The second kappa shape index (κ2) is 6.17. The molecule has 19 heavy (non-hydrogen) atoms. The molecule has 1 N–H and O–H groups in total. The van der Waals surface area contributed by atoms with Crippen LogP contribution in [0.25, 0.3) is 0 Å². The highest BCUT2D eigenvalue weighted by Gasteiger charge is 2.33. The summed E-state index contributed by atoms with van der Waals surface area (Å²) in [5.74, 6) is 0.198. The van der Waals surface area contributed by atoms with Crippen LogP contribution in [0.3, 0.4) is 0 Å². The summed E-state index contributed by atoms with van der Waals surface area (Å²) in [4.78, 5) is 16.7. The maximum absolute atomic E-state index is 12.6. The number of para-hydroxylation sites is 1. The standard InChI is InChI=1S/C15H23N3O/c1-4-12-7-5-6-8-13(12)18-10-9-17(3)14(11-16-2)15(18)19/h5-8,14,16H,4,9-11H2,1-3H3. The molecule has 0 aliphatic carbocycles. The highest BCUT2D eigenvalue weighted by atomic mass is 16.2. The maximum Gasteiger partial charge on any atom is 0.245 e. The first-order valence-corrected chi connectivity index (χ1v) is 6.93. The first kappa shape index (κ1) is 14.0. The second-order valence-corrected chi connectivity index (χ2v) is 5.03. The van der Waals surface area contributed by atoms with E-state index in [1.54, 1.807) is 0 Å². The van der Waals surface area contributed by atoms with Crippen LogP contribution in [0.5, 0.6) is 0 Å². The van der Waals surface area contributed by atoms with Gasteiger partial charge < -0.3 is 10.2 Å². The Balaban J connectivity index is 2.27. The predicted octanol–water partition coefficient (Wildman–Crippen LogP) is 1.12. The first-order valence-electron chi connectivity index (χ1n) is 6.93. The van der Waals surface area contributed by atoms with Gasteiger partial charge in [-0.15, -0.1) is 0 Å². The molecule has 1 fully saturated rings. The number of nitrogens with zero attached hydrogens (tertiary/aromatic N) is 2. The van der Waals surface area contributed by atoms with Gasteiger partial charge in [-0.3, -0.25) is 9.69 Å². The average Bonchev–Trinajstić information content (AvgIpc) is 2.43. The van der Waals surface area contributed by atoms with Crippen molar-refractivity contribution in [1.82, 2.24) is 10.2 Å². The topological polar surface area (TPSA) is 35.6 Å². The highest BCUT2D eigenvalue weighted by molar-refractivity contribution is 5.98. The summed E-state index contributed by atoms with van der Waals surface area (Å²) < 4.78 is 0. The molecule has 0 radical (unpaired) electrons. The fourth-order valence-electron chi connectivity index (χ4n) is 2.64. The molecule has 1 heterocycles. The number of hydrogen-bond donors (Lipinski definition) is 1. The van der Waals surface area contributed by atoms with Crippen molar-refractivity contribution in [2.75, 3.05) is 38.6 Å². The molecule has 0 aromatic heterocycles. The molecule has 1 aromatic rings. The third-order valence-electron chi connectivity index (χ3n) is 3.82. The largest absolute Gasteiger partial charge is 0.318 e. The van der Waals surface area contributed by atoms with Crippen molar-refractivity contribution in [3.63, 3.8) is 0 Å². The summed E-state index contributed by atoms with van der Waals surface area (Å²) in [5.41, 5.74) is 2.31. The number of hydrogen-bond acceptors (Lipinski definition) is 3. The molecule has 1 atom stereocenters. The van der Waals surface area contributed by atoms with E-state index in [0.29, 0.717) is 6.54 Å². The van der Waals surface area contributed by atoms with Crippen LogP contribution in [0, 0.1) is 0 Å². The van der Waals surface area contributed by atoms with Crippen molar-refractivity contribution in [2.24, 2.45) is 0 Å². The van der Waals surface area contributed by atoms with Crippen LogP contribution in [0.15, 0.2) is 24.3 Å². The minimum absolute atomic E-state index is 0.0661. The van der Waals surface area contributed by atoms with E-state index in [2.05, 4.69) is 29.3 Å². The third kappa shape index (κ3) is 2.80. The SMILES string of the molecule is CCc1ccccc1N1CCN(C)C(CNC)C1=O. The van der Waals surface area contributed by atoms with Crippen LogP contribution in [0.2, 0.25) is 0 Å². The normalized spacial score (nSPS) is 20.9. The number of rotatable bonds is 4. The Morgan fingerprint density at radius 2 is 2.05 bits per heavy atom. The van der Waals surface area contributed by atoms with E-state index in [4.69, 9.17) is 0 Å². The Kier molecular flexibility index (Phi) is 4.56. The Bertz CT molecular complexity index is 447. The highest BCUT2D eigenvalue weighted by Crippen LogP contribution is 2.24. The zero-order chi connectivity index (χ0) is 13.8. The van der Waals surface area contributed by atoms with E-state index in [9.17, 15) is 4.79 Å². The molecule has 0 spiro atoms. The van der Waals surface area contributed by atoms with E-state index in [1.165, 1.54) is 5.56 Å². The summed E-state index contributed by atoms with van der Waals surface area (Å²) >= 11 is 0. The summed E-state index contributed by atoms with van der Waals surface area (Å²) in [6.07, 6.45) is 0.951. The minimum atomic E-state index is -0.0661. The molecule has 104 valence electrons. The van der Waals surface area contributed by atoms with Crippen molar-refractivity contribution in [1.29, 1.82) is 0 Å². The van der Waals surface area contributed by atoms with Gasteiger partial charge in [0.1, 0.15) is 6.04 Å². The van der Waals surface area contributed by atoms with Gasteiger partial charge in [0.25, 0.3) is 0 Å². The monoisotopic (exact) mass is 261 g/mol. The average molecular weight is 261 g/mol. The van der Waals surface area contributed by atoms with E-state index >= 15 is 0 Å². The van der Waals surface area contributed by atoms with E-state index in [0.717, 1.165) is 25.2 Å². The van der Waals surface area contributed by atoms with Gasteiger partial charge in [0.15, 0.2) is 0 Å². The van der Waals surface area contributed by atoms with Crippen molar-refractivity contribution < 1.29 is 4.79 Å². The Morgan fingerprint density at radius 3 is 2.74 bits per heavy atom. The molecule has 4 nitrogen and oxygen atoms in total. The van der Waals surface area contributed by atoms with E-state index < -0.39 is 0 Å². The molecule has 0 saturated carbocycles. The van der Waals surface area contributed by atoms with Crippen LogP contribution < -0.4 is 10.2 Å². The summed E-state index contributed by atoms with van der Waals surface area (Å²) in [6, 6.07) is 8.14. The molecule has 1 amide bonds. The van der Waals surface area contributed by atoms with Gasteiger partial charge in [0.2, 0.25) is 5.91 Å². The lowest BCUT2D eigenvalue weighted by molar-refractivity contribution is -0.125. The molecule has 1 saturated heterocycles. The number of anilines is 1. The van der Waals surface area contributed by atoms with Gasteiger partial charge in [-0.05, 0) is 32.1 Å². The fourth-order valence-corrected chi connectivity index (χ4v) is 2.64. The summed E-state index contributed by atoms with van der Waals surface area (Å²) in [5, 5.41) is 3.11. The van der Waals surface area contributed by atoms with Gasteiger partial charge in [-0.2, -0.15) is 0 Å². The van der Waals surface area contributed by atoms with Crippen molar-refractivity contribution in [3.05, 3.63) is 29.8 Å². The zero-order valence-electron chi connectivity index (χ0n) is 12.0. The van der Waals surface area contributed by atoms with Crippen molar-refractivity contribution in [3.8, 4) is 0 Å². The number of piperazine rings is 1. The Hall–Kier alpha value is -1.39. The van der Waals surface area contributed by atoms with E-state index in [-0.39, 0.29) is 11.9 Å². The lowest BCUT2D eigenvalue weighted by atomic mass is 10.1. The Labute approximate surface area is 115 Å². The van der Waals surface area contributed by atoms with Crippen LogP contribution in [0.1, 0.15) is 12.5 Å². The third-order valence-corrected chi connectivity index (χ3v) is 3.82. The van der Waals surface area contributed by atoms with Gasteiger partial charge in [-0.25, -0.2) is 0 Å². The van der Waals surface area contributed by atoms with E-state index in [1.807, 2.05) is 31.1 Å². The predicted molar refractivity (Wildman–Crippen MR) is 78.5 cm³/mol. The van der Waals surface area contributed by atoms with Gasteiger partial charge in [0, 0.05) is 25.3 Å². The second-order valence-electron chi connectivity index (χ2n) is 5.03. The van der Waals surface area contributed by atoms with Crippen LogP contribution >= 0.6 is 0 Å². The number of carbonyl (C=O) groups is 1. The number of benzene rings is 1. The molecule has 4 heteroatoms. The summed E-state index contributed by atoms with van der Waals surface area (Å²) in [7, 11) is 3.91. The molecule has 1 aliphatic rings. The van der Waals surface area contributed by atoms with Crippen molar-refractivity contribution in [2.45, 2.75) is 19.4 Å². The van der Waals surface area contributed by atoms with Crippen LogP contribution in [0.4, 0.5) is 5.69 Å². The lowest BCUT2D eigenvalue weighted by Crippen LogP contribution is -2.58. The molecule has 1 aromatic carbocycles. The first-order chi connectivity index (χ1) is 9.19. The molecular weight excluding hydrogens is 238 g/mol. The smallest absolute Gasteiger partial charge is 0.245 e. The van der Waals surface area contributed by atoms with Gasteiger partial charge >= 0.3 is 0 Å².